The van der Waals surface area contributed by atoms with Crippen LogP contribution in [0.15, 0.2) is 18.2 Å². The van der Waals surface area contributed by atoms with Crippen LogP contribution in [0.3, 0.4) is 0 Å². The van der Waals surface area contributed by atoms with Gasteiger partial charge < -0.3 is 10.5 Å². The van der Waals surface area contributed by atoms with Crippen molar-refractivity contribution in [1.29, 1.82) is 0 Å². The zero-order valence-corrected chi connectivity index (χ0v) is 11.7. The zero-order valence-electron chi connectivity index (χ0n) is 11.0. The minimum atomic E-state index is 0.175. The standard InChI is InChI=1S/C15H22ClNO/c1-11-4-5-12(15(16)9-11)10-13(17)6-7-14-3-2-8-18-14/h4-5,9,13-14H,2-3,6-8,10,17H2,1H3. The molecule has 0 radical (unpaired) electrons. The maximum Gasteiger partial charge on any atom is 0.0576 e. The Bertz CT molecular complexity index is 388. The molecule has 18 heavy (non-hydrogen) atoms. The van der Waals surface area contributed by atoms with Crippen LogP contribution in [0.1, 0.15) is 36.8 Å². The molecule has 1 aliphatic rings. The number of ether oxygens (including phenoxy) is 1. The average Bonchev–Trinajstić information content (AvgIpc) is 2.83. The van der Waals surface area contributed by atoms with Crippen molar-refractivity contribution in [2.75, 3.05) is 6.61 Å². The van der Waals surface area contributed by atoms with Crippen LogP contribution in [0.2, 0.25) is 5.02 Å². The number of hydrogen-bond acceptors (Lipinski definition) is 2. The van der Waals surface area contributed by atoms with Gasteiger partial charge in [-0.05, 0) is 56.2 Å². The second kappa shape index (κ2) is 6.55. The molecular formula is C15H22ClNO. The Morgan fingerprint density at radius 2 is 2.33 bits per heavy atom. The Hall–Kier alpha value is -0.570. The lowest BCUT2D eigenvalue weighted by atomic mass is 9.99. The van der Waals surface area contributed by atoms with Crippen molar-refractivity contribution < 1.29 is 4.74 Å². The molecule has 0 amide bonds. The van der Waals surface area contributed by atoms with Crippen LogP contribution >= 0.6 is 11.6 Å². The first-order valence-corrected chi connectivity index (χ1v) is 7.15. The SMILES string of the molecule is Cc1ccc(CC(N)CCC2CCCO2)c(Cl)c1. The Kier molecular flexibility index (Phi) is 5.04. The highest BCUT2D eigenvalue weighted by Crippen LogP contribution is 2.21. The monoisotopic (exact) mass is 267 g/mol. The van der Waals surface area contributed by atoms with Crippen LogP contribution < -0.4 is 5.73 Å². The molecule has 2 rings (SSSR count). The van der Waals surface area contributed by atoms with Gasteiger partial charge in [0.15, 0.2) is 0 Å². The third-order valence-corrected chi connectivity index (χ3v) is 3.93. The number of aryl methyl sites for hydroxylation is 1. The number of halogens is 1. The topological polar surface area (TPSA) is 35.2 Å². The minimum Gasteiger partial charge on any atom is -0.378 e. The molecule has 2 nitrogen and oxygen atoms in total. The van der Waals surface area contributed by atoms with E-state index < -0.39 is 0 Å². The van der Waals surface area contributed by atoms with Crippen LogP contribution in [0.25, 0.3) is 0 Å². The van der Waals surface area contributed by atoms with E-state index in [1.165, 1.54) is 18.4 Å². The van der Waals surface area contributed by atoms with E-state index in [4.69, 9.17) is 22.1 Å². The summed E-state index contributed by atoms with van der Waals surface area (Å²) in [5, 5.41) is 0.836. The Balaban J connectivity index is 1.80. The molecule has 1 saturated heterocycles. The number of nitrogens with two attached hydrogens (primary N) is 1. The molecule has 1 aromatic rings. The molecule has 1 heterocycles. The number of hydrogen-bond donors (Lipinski definition) is 1. The quantitative estimate of drug-likeness (QED) is 0.887. The van der Waals surface area contributed by atoms with Gasteiger partial charge in [0.1, 0.15) is 0 Å². The average molecular weight is 268 g/mol. The number of rotatable bonds is 5. The van der Waals surface area contributed by atoms with Crippen molar-refractivity contribution >= 4 is 11.6 Å². The van der Waals surface area contributed by atoms with Crippen molar-refractivity contribution in [3.8, 4) is 0 Å². The van der Waals surface area contributed by atoms with Crippen LogP contribution in [0, 0.1) is 6.92 Å². The van der Waals surface area contributed by atoms with E-state index in [9.17, 15) is 0 Å². The fourth-order valence-corrected chi connectivity index (χ4v) is 2.79. The lowest BCUT2D eigenvalue weighted by Crippen LogP contribution is -2.24. The van der Waals surface area contributed by atoms with Gasteiger partial charge in [0.25, 0.3) is 0 Å². The summed E-state index contributed by atoms with van der Waals surface area (Å²) in [6, 6.07) is 6.36. The first-order valence-electron chi connectivity index (χ1n) is 6.77. The summed E-state index contributed by atoms with van der Waals surface area (Å²) in [5.74, 6) is 0. The first-order chi connectivity index (χ1) is 8.65. The number of benzene rings is 1. The van der Waals surface area contributed by atoms with E-state index in [2.05, 4.69) is 12.1 Å². The van der Waals surface area contributed by atoms with Crippen molar-refractivity contribution in [3.63, 3.8) is 0 Å². The van der Waals surface area contributed by atoms with Crippen LogP contribution in [0.5, 0.6) is 0 Å². The molecule has 2 N–H and O–H groups in total. The summed E-state index contributed by atoms with van der Waals surface area (Å²) in [5.41, 5.74) is 8.52. The van der Waals surface area contributed by atoms with Crippen LogP contribution in [-0.2, 0) is 11.2 Å². The predicted molar refractivity (Wildman–Crippen MR) is 76.1 cm³/mol. The van der Waals surface area contributed by atoms with Crippen LogP contribution in [0.4, 0.5) is 0 Å². The van der Waals surface area contributed by atoms with Crippen molar-refractivity contribution in [1.82, 2.24) is 0 Å². The molecule has 0 aromatic heterocycles. The molecule has 3 heteroatoms. The van der Waals surface area contributed by atoms with Gasteiger partial charge in [0.05, 0.1) is 6.10 Å². The van der Waals surface area contributed by atoms with Gasteiger partial charge in [0.2, 0.25) is 0 Å². The summed E-state index contributed by atoms with van der Waals surface area (Å²) in [6.07, 6.45) is 5.76. The third kappa shape index (κ3) is 3.98. The van der Waals surface area contributed by atoms with E-state index in [-0.39, 0.29) is 6.04 Å². The largest absolute Gasteiger partial charge is 0.378 e. The van der Waals surface area contributed by atoms with E-state index in [1.807, 2.05) is 13.0 Å². The molecule has 0 bridgehead atoms. The predicted octanol–water partition coefficient (Wildman–Crippen LogP) is 3.48. The first kappa shape index (κ1) is 13.9. The molecule has 2 unspecified atom stereocenters. The molecule has 1 aliphatic heterocycles. The fourth-order valence-electron chi connectivity index (χ4n) is 2.47. The highest BCUT2D eigenvalue weighted by atomic mass is 35.5. The maximum atomic E-state index is 6.22. The van der Waals surface area contributed by atoms with Crippen LogP contribution in [-0.4, -0.2) is 18.8 Å². The summed E-state index contributed by atoms with van der Waals surface area (Å²) in [6.45, 7) is 2.97. The summed E-state index contributed by atoms with van der Waals surface area (Å²) in [4.78, 5) is 0. The second-order valence-corrected chi connectivity index (χ2v) is 5.68. The molecular weight excluding hydrogens is 246 g/mol. The van der Waals surface area contributed by atoms with Crippen molar-refractivity contribution in [3.05, 3.63) is 34.3 Å². The fraction of sp³-hybridized carbons (Fsp3) is 0.600. The van der Waals surface area contributed by atoms with E-state index >= 15 is 0 Å². The Morgan fingerprint density at radius 3 is 3.00 bits per heavy atom. The lowest BCUT2D eigenvalue weighted by molar-refractivity contribution is 0.101. The second-order valence-electron chi connectivity index (χ2n) is 5.27. The molecule has 100 valence electrons. The Labute approximate surface area is 114 Å². The zero-order chi connectivity index (χ0) is 13.0. The van der Waals surface area contributed by atoms with E-state index in [1.54, 1.807) is 0 Å². The van der Waals surface area contributed by atoms with Gasteiger partial charge >= 0.3 is 0 Å². The third-order valence-electron chi connectivity index (χ3n) is 3.57. The highest BCUT2D eigenvalue weighted by molar-refractivity contribution is 6.31. The lowest BCUT2D eigenvalue weighted by Gasteiger charge is -2.15. The molecule has 0 saturated carbocycles. The summed E-state index contributed by atoms with van der Waals surface area (Å²) in [7, 11) is 0. The van der Waals surface area contributed by atoms with Gasteiger partial charge in [-0.2, -0.15) is 0 Å². The molecule has 0 aliphatic carbocycles. The molecule has 1 aromatic carbocycles. The highest BCUT2D eigenvalue weighted by Gasteiger charge is 2.17. The van der Waals surface area contributed by atoms with Crippen molar-refractivity contribution in [2.45, 2.75) is 51.2 Å². The normalized spacial score (nSPS) is 21.2. The van der Waals surface area contributed by atoms with Gasteiger partial charge in [-0.1, -0.05) is 23.7 Å². The van der Waals surface area contributed by atoms with Gasteiger partial charge in [-0.3, -0.25) is 0 Å². The molecule has 0 spiro atoms. The van der Waals surface area contributed by atoms with E-state index in [0.717, 1.165) is 36.5 Å². The Morgan fingerprint density at radius 1 is 1.50 bits per heavy atom. The van der Waals surface area contributed by atoms with Gasteiger partial charge in [-0.25, -0.2) is 0 Å². The van der Waals surface area contributed by atoms with E-state index in [0.29, 0.717) is 6.10 Å². The van der Waals surface area contributed by atoms with Gasteiger partial charge in [-0.15, -0.1) is 0 Å². The van der Waals surface area contributed by atoms with Gasteiger partial charge in [0, 0.05) is 17.7 Å². The maximum absolute atomic E-state index is 6.22. The smallest absolute Gasteiger partial charge is 0.0576 e. The minimum absolute atomic E-state index is 0.175. The van der Waals surface area contributed by atoms with Crippen molar-refractivity contribution in [2.24, 2.45) is 5.73 Å². The molecule has 1 fully saturated rings. The summed E-state index contributed by atoms with van der Waals surface area (Å²) < 4.78 is 5.61. The molecule has 2 atom stereocenters. The summed E-state index contributed by atoms with van der Waals surface area (Å²) >= 11 is 6.22.